The lowest BCUT2D eigenvalue weighted by Crippen LogP contribution is -2.22. The second kappa shape index (κ2) is 10.5. The van der Waals surface area contributed by atoms with Crippen molar-refractivity contribution in [3.05, 3.63) is 69.9 Å². The average Bonchev–Trinajstić information content (AvgIpc) is 3.42. The van der Waals surface area contributed by atoms with Gasteiger partial charge in [0.05, 0.1) is 10.5 Å². The number of carbonyl (C=O) groups is 3. The van der Waals surface area contributed by atoms with Crippen LogP contribution in [0.2, 0.25) is 0 Å². The number of anilines is 2. The zero-order chi connectivity index (χ0) is 26.7. The van der Waals surface area contributed by atoms with E-state index in [2.05, 4.69) is 15.5 Å². The normalized spacial score (nSPS) is 12.7. The van der Waals surface area contributed by atoms with Crippen molar-refractivity contribution in [3.63, 3.8) is 0 Å². The van der Waals surface area contributed by atoms with Gasteiger partial charge in [-0.25, -0.2) is 4.79 Å². The molecular formula is C23H21N7O6S. The van der Waals surface area contributed by atoms with Crippen LogP contribution >= 0.6 is 11.3 Å². The first-order valence-corrected chi connectivity index (χ1v) is 11.6. The lowest BCUT2D eigenvalue weighted by molar-refractivity contribution is -0.384. The van der Waals surface area contributed by atoms with E-state index in [0.29, 0.717) is 21.8 Å². The van der Waals surface area contributed by atoms with Crippen molar-refractivity contribution in [3.8, 4) is 15.5 Å². The summed E-state index contributed by atoms with van der Waals surface area (Å²) in [6, 6.07) is 8.83. The molecule has 37 heavy (non-hydrogen) atoms. The van der Waals surface area contributed by atoms with Crippen molar-refractivity contribution >= 4 is 46.6 Å². The van der Waals surface area contributed by atoms with E-state index < -0.39 is 16.9 Å². The SMILES string of the molecule is CN(C)Cc1c(-c2ccc([N+](=O)[O-])cc2)sc(OC(N)=O)c1C(=O)Nc1ccc(N2C=CCC2=O)nn1. The largest absolute Gasteiger partial charge is 0.410 e. The van der Waals surface area contributed by atoms with Crippen molar-refractivity contribution in [1.29, 1.82) is 0 Å². The minimum atomic E-state index is -1.10. The second-order valence-electron chi connectivity index (χ2n) is 8.12. The number of nitro benzene ring substituents is 1. The molecule has 3 N–H and O–H groups in total. The van der Waals surface area contributed by atoms with Crippen LogP contribution in [0.4, 0.5) is 22.1 Å². The van der Waals surface area contributed by atoms with Crippen molar-refractivity contribution in [2.24, 2.45) is 5.73 Å². The molecular weight excluding hydrogens is 502 g/mol. The van der Waals surface area contributed by atoms with Crippen LogP contribution in [0.1, 0.15) is 22.3 Å². The molecule has 0 radical (unpaired) electrons. The third kappa shape index (κ3) is 5.60. The Morgan fingerprint density at radius 1 is 1.22 bits per heavy atom. The van der Waals surface area contributed by atoms with Gasteiger partial charge in [0.15, 0.2) is 16.7 Å². The molecule has 190 valence electrons. The van der Waals surface area contributed by atoms with E-state index in [1.807, 2.05) is 4.90 Å². The summed E-state index contributed by atoms with van der Waals surface area (Å²) in [6.45, 7) is 0.279. The molecule has 0 aliphatic carbocycles. The maximum Gasteiger partial charge on any atom is 0.410 e. The number of nitro groups is 1. The predicted octanol–water partition coefficient (Wildman–Crippen LogP) is 3.14. The Hall–Kier alpha value is -4.69. The van der Waals surface area contributed by atoms with Gasteiger partial charge in [-0.05, 0) is 43.9 Å². The van der Waals surface area contributed by atoms with E-state index in [-0.39, 0.29) is 41.0 Å². The Morgan fingerprint density at radius 2 is 1.95 bits per heavy atom. The summed E-state index contributed by atoms with van der Waals surface area (Å²) >= 11 is 1.01. The first-order chi connectivity index (χ1) is 17.6. The van der Waals surface area contributed by atoms with Gasteiger partial charge >= 0.3 is 6.09 Å². The molecule has 4 rings (SSSR count). The van der Waals surface area contributed by atoms with Crippen LogP contribution in [0.25, 0.3) is 10.4 Å². The molecule has 0 spiro atoms. The number of rotatable bonds is 8. The van der Waals surface area contributed by atoms with Gasteiger partial charge < -0.3 is 20.7 Å². The van der Waals surface area contributed by atoms with Crippen LogP contribution in [0.15, 0.2) is 48.7 Å². The number of nitrogens with two attached hydrogens (primary N) is 1. The minimum Gasteiger partial charge on any atom is -0.398 e. The number of carbonyl (C=O) groups excluding carboxylic acids is 3. The summed E-state index contributed by atoms with van der Waals surface area (Å²) < 4.78 is 5.17. The van der Waals surface area contributed by atoms with Gasteiger partial charge in [0.2, 0.25) is 5.91 Å². The van der Waals surface area contributed by atoms with Crippen LogP contribution in [0.5, 0.6) is 5.06 Å². The Labute approximate surface area is 214 Å². The number of aromatic nitrogens is 2. The summed E-state index contributed by atoms with van der Waals surface area (Å²) in [5.41, 5.74) is 6.34. The van der Waals surface area contributed by atoms with Gasteiger partial charge in [-0.15, -0.1) is 10.2 Å². The molecule has 1 aliphatic rings. The number of nitrogens with one attached hydrogen (secondary N) is 1. The lowest BCUT2D eigenvalue weighted by Gasteiger charge is -2.14. The molecule has 0 saturated carbocycles. The van der Waals surface area contributed by atoms with Crippen LogP contribution in [-0.2, 0) is 11.3 Å². The summed E-state index contributed by atoms with van der Waals surface area (Å²) in [7, 11) is 3.59. The summed E-state index contributed by atoms with van der Waals surface area (Å²) in [6.07, 6.45) is 2.46. The average molecular weight is 524 g/mol. The second-order valence-corrected chi connectivity index (χ2v) is 9.10. The number of hydrogen-bond acceptors (Lipinski definition) is 10. The number of primary amides is 1. The lowest BCUT2D eigenvalue weighted by atomic mass is 10.0. The Bertz CT molecular complexity index is 1400. The van der Waals surface area contributed by atoms with Crippen LogP contribution < -0.4 is 20.7 Å². The monoisotopic (exact) mass is 523 g/mol. The molecule has 1 aromatic carbocycles. The molecule has 14 heteroatoms. The van der Waals surface area contributed by atoms with E-state index in [4.69, 9.17) is 10.5 Å². The highest BCUT2D eigenvalue weighted by Crippen LogP contribution is 2.43. The molecule has 0 atom stereocenters. The fourth-order valence-corrected chi connectivity index (χ4v) is 4.78. The fraction of sp³-hybridized carbons (Fsp3) is 0.174. The third-order valence-corrected chi connectivity index (χ3v) is 6.32. The molecule has 3 heterocycles. The van der Waals surface area contributed by atoms with Crippen molar-refractivity contribution in [2.45, 2.75) is 13.0 Å². The van der Waals surface area contributed by atoms with Gasteiger partial charge in [0, 0.05) is 41.7 Å². The van der Waals surface area contributed by atoms with E-state index >= 15 is 0 Å². The van der Waals surface area contributed by atoms with Gasteiger partial charge in [0.1, 0.15) is 0 Å². The van der Waals surface area contributed by atoms with E-state index in [9.17, 15) is 24.5 Å². The van der Waals surface area contributed by atoms with Gasteiger partial charge in [-0.1, -0.05) is 17.4 Å². The molecule has 0 fully saturated rings. The van der Waals surface area contributed by atoms with Crippen LogP contribution in [-0.4, -0.2) is 52.0 Å². The van der Waals surface area contributed by atoms with E-state index in [1.54, 1.807) is 38.5 Å². The van der Waals surface area contributed by atoms with Gasteiger partial charge in [-0.2, -0.15) is 0 Å². The maximum absolute atomic E-state index is 13.4. The smallest absolute Gasteiger partial charge is 0.398 e. The van der Waals surface area contributed by atoms with E-state index in [1.165, 1.54) is 29.2 Å². The molecule has 3 amide bonds. The molecule has 0 bridgehead atoms. The zero-order valence-corrected chi connectivity index (χ0v) is 20.5. The molecule has 13 nitrogen and oxygen atoms in total. The van der Waals surface area contributed by atoms with Crippen LogP contribution in [0, 0.1) is 10.1 Å². The van der Waals surface area contributed by atoms with Gasteiger partial charge in [-0.3, -0.25) is 24.6 Å². The number of ether oxygens (including phenoxy) is 1. The zero-order valence-electron chi connectivity index (χ0n) is 19.7. The predicted molar refractivity (Wildman–Crippen MR) is 135 cm³/mol. The number of hydrogen-bond donors (Lipinski definition) is 2. The summed E-state index contributed by atoms with van der Waals surface area (Å²) in [4.78, 5) is 51.2. The van der Waals surface area contributed by atoms with Crippen molar-refractivity contribution < 1.29 is 24.0 Å². The highest BCUT2D eigenvalue weighted by atomic mass is 32.1. The van der Waals surface area contributed by atoms with Crippen molar-refractivity contribution in [1.82, 2.24) is 15.1 Å². The fourth-order valence-electron chi connectivity index (χ4n) is 3.61. The van der Waals surface area contributed by atoms with Crippen LogP contribution in [0.3, 0.4) is 0 Å². The number of nitrogens with zero attached hydrogens (tertiary/aromatic N) is 5. The quantitative estimate of drug-likeness (QED) is 0.332. The third-order valence-electron chi connectivity index (χ3n) is 5.16. The highest BCUT2D eigenvalue weighted by Gasteiger charge is 2.28. The topological polar surface area (TPSA) is 174 Å². The molecule has 3 aromatic rings. The number of amides is 3. The highest BCUT2D eigenvalue weighted by molar-refractivity contribution is 7.18. The first kappa shape index (κ1) is 25.4. The Kier molecular flexibility index (Phi) is 7.22. The minimum absolute atomic E-state index is 0.0346. The first-order valence-electron chi connectivity index (χ1n) is 10.8. The number of benzene rings is 1. The van der Waals surface area contributed by atoms with Gasteiger partial charge in [0.25, 0.3) is 11.6 Å². The number of non-ortho nitro benzene ring substituents is 1. The van der Waals surface area contributed by atoms with E-state index in [0.717, 1.165) is 11.3 Å². The standard InChI is InChI=1S/C23H21N7O6S/c1-28(2)12-15-19(21(32)25-16-9-10-17(27-26-16)29-11-3-4-18(29)31)22(36-23(24)33)37-20(15)13-5-7-14(8-6-13)30(34)35/h3,5-11H,4,12H2,1-2H3,(H2,24,33)(H,25,26,32). The molecule has 1 aliphatic heterocycles. The summed E-state index contributed by atoms with van der Waals surface area (Å²) in [5.74, 6) is -0.367. The Morgan fingerprint density at radius 3 is 2.49 bits per heavy atom. The maximum atomic E-state index is 13.4. The van der Waals surface area contributed by atoms with Crippen molar-refractivity contribution in [2.75, 3.05) is 24.3 Å². The molecule has 0 saturated heterocycles. The number of thiophene rings is 1. The summed E-state index contributed by atoms with van der Waals surface area (Å²) in [5, 5.41) is 21.6. The Balaban J connectivity index is 1.71. The molecule has 0 unspecified atom stereocenters. The molecule has 2 aromatic heterocycles.